The number of benzene rings is 1. The van der Waals surface area contributed by atoms with Gasteiger partial charge in [0.2, 0.25) is 5.95 Å². The predicted molar refractivity (Wildman–Crippen MR) is 96.0 cm³/mol. The average molecular weight is 308 g/mol. The van der Waals surface area contributed by atoms with Crippen LogP contribution >= 0.6 is 0 Å². The van der Waals surface area contributed by atoms with Crippen LogP contribution in [0.5, 0.6) is 0 Å². The molecule has 0 saturated carbocycles. The van der Waals surface area contributed by atoms with E-state index < -0.39 is 0 Å². The van der Waals surface area contributed by atoms with Crippen molar-refractivity contribution in [1.29, 1.82) is 0 Å². The Kier molecular flexibility index (Phi) is 4.60. The first kappa shape index (κ1) is 15.5. The molecule has 0 unspecified atom stereocenters. The van der Waals surface area contributed by atoms with Crippen molar-refractivity contribution in [3.05, 3.63) is 53.7 Å². The third-order valence-corrected chi connectivity index (χ3v) is 4.28. The minimum atomic E-state index is 0.817. The van der Waals surface area contributed by atoms with E-state index in [2.05, 4.69) is 71.6 Å². The van der Waals surface area contributed by atoms with Gasteiger partial charge < -0.3 is 9.47 Å². The molecule has 0 atom stereocenters. The van der Waals surface area contributed by atoms with Gasteiger partial charge in [0.15, 0.2) is 5.65 Å². The molecule has 4 heteroatoms. The molecular formula is C19H24N4. The van der Waals surface area contributed by atoms with Crippen molar-refractivity contribution >= 4 is 17.1 Å². The summed E-state index contributed by atoms with van der Waals surface area (Å²) in [6.07, 6.45) is 2.92. The number of aryl methyl sites for hydroxylation is 1. The van der Waals surface area contributed by atoms with Gasteiger partial charge in [0.05, 0.1) is 12.1 Å². The number of pyridine rings is 1. The molecular weight excluding hydrogens is 284 g/mol. The standard InChI is InChI=1S/C19H24N4/c1-4-15-12-17-18(20-13-15)21-19(22(5-2)6-3)23(17)14-16-10-8-7-9-11-16/h7-13H,4-6,14H2,1-3H3. The van der Waals surface area contributed by atoms with Crippen LogP contribution in [0.4, 0.5) is 5.95 Å². The highest BCUT2D eigenvalue weighted by atomic mass is 15.3. The molecule has 23 heavy (non-hydrogen) atoms. The summed E-state index contributed by atoms with van der Waals surface area (Å²) < 4.78 is 2.30. The summed E-state index contributed by atoms with van der Waals surface area (Å²) in [7, 11) is 0. The lowest BCUT2D eigenvalue weighted by Gasteiger charge is -2.21. The maximum Gasteiger partial charge on any atom is 0.208 e. The highest BCUT2D eigenvalue weighted by Gasteiger charge is 2.16. The Labute approximate surface area is 137 Å². The van der Waals surface area contributed by atoms with Gasteiger partial charge in [-0.25, -0.2) is 4.98 Å². The molecule has 0 spiro atoms. The van der Waals surface area contributed by atoms with Crippen molar-refractivity contribution in [1.82, 2.24) is 14.5 Å². The summed E-state index contributed by atoms with van der Waals surface area (Å²) in [4.78, 5) is 11.7. The summed E-state index contributed by atoms with van der Waals surface area (Å²) in [5, 5.41) is 0. The second-order valence-electron chi connectivity index (χ2n) is 5.70. The highest BCUT2D eigenvalue weighted by Crippen LogP contribution is 2.24. The molecule has 4 nitrogen and oxygen atoms in total. The first-order valence-electron chi connectivity index (χ1n) is 8.40. The fourth-order valence-corrected chi connectivity index (χ4v) is 2.90. The van der Waals surface area contributed by atoms with Gasteiger partial charge in [0.25, 0.3) is 0 Å². The zero-order valence-corrected chi connectivity index (χ0v) is 14.2. The smallest absolute Gasteiger partial charge is 0.208 e. The van der Waals surface area contributed by atoms with Crippen LogP contribution in [0.25, 0.3) is 11.2 Å². The maximum absolute atomic E-state index is 4.80. The van der Waals surface area contributed by atoms with E-state index in [1.165, 1.54) is 11.1 Å². The van der Waals surface area contributed by atoms with Crippen molar-refractivity contribution in [3.63, 3.8) is 0 Å². The third kappa shape index (κ3) is 3.07. The van der Waals surface area contributed by atoms with Crippen LogP contribution in [0.2, 0.25) is 0 Å². The topological polar surface area (TPSA) is 34.0 Å². The van der Waals surface area contributed by atoms with Crippen LogP contribution < -0.4 is 4.90 Å². The van der Waals surface area contributed by atoms with E-state index in [9.17, 15) is 0 Å². The second kappa shape index (κ2) is 6.82. The Balaban J connectivity index is 2.15. The predicted octanol–water partition coefficient (Wildman–Crippen LogP) is 3.89. The molecule has 0 fully saturated rings. The molecule has 0 radical (unpaired) electrons. The van der Waals surface area contributed by atoms with E-state index in [0.29, 0.717) is 0 Å². The molecule has 0 N–H and O–H groups in total. The quantitative estimate of drug-likeness (QED) is 0.693. The minimum Gasteiger partial charge on any atom is -0.343 e. The Hall–Kier alpha value is -2.36. The first-order chi connectivity index (χ1) is 11.3. The molecule has 0 saturated heterocycles. The maximum atomic E-state index is 4.80. The van der Waals surface area contributed by atoms with Crippen LogP contribution in [0, 0.1) is 0 Å². The number of nitrogens with zero attached hydrogens (tertiary/aromatic N) is 4. The number of anilines is 1. The van der Waals surface area contributed by atoms with Gasteiger partial charge in [0, 0.05) is 19.3 Å². The number of fused-ring (bicyclic) bond motifs is 1. The molecule has 0 aliphatic carbocycles. The lowest BCUT2D eigenvalue weighted by atomic mass is 10.2. The Morgan fingerprint density at radius 3 is 2.39 bits per heavy atom. The zero-order chi connectivity index (χ0) is 16.2. The van der Waals surface area contributed by atoms with E-state index in [-0.39, 0.29) is 0 Å². The van der Waals surface area contributed by atoms with Crippen LogP contribution in [0.15, 0.2) is 42.6 Å². The summed E-state index contributed by atoms with van der Waals surface area (Å²) in [5.41, 5.74) is 4.48. The number of rotatable bonds is 6. The third-order valence-electron chi connectivity index (χ3n) is 4.28. The van der Waals surface area contributed by atoms with Crippen LogP contribution in [-0.4, -0.2) is 27.6 Å². The van der Waals surface area contributed by atoms with Crippen molar-refractivity contribution < 1.29 is 0 Å². The Bertz CT molecular complexity index is 773. The summed E-state index contributed by atoms with van der Waals surface area (Å²) in [6.45, 7) is 9.19. The molecule has 2 aromatic heterocycles. The minimum absolute atomic E-state index is 0.817. The van der Waals surface area contributed by atoms with Crippen molar-refractivity contribution in [2.24, 2.45) is 0 Å². The lowest BCUT2D eigenvalue weighted by Crippen LogP contribution is -2.25. The summed E-state index contributed by atoms with van der Waals surface area (Å²) in [5.74, 6) is 1.01. The molecule has 0 aliphatic heterocycles. The van der Waals surface area contributed by atoms with E-state index in [1.807, 2.05) is 6.20 Å². The van der Waals surface area contributed by atoms with Crippen LogP contribution in [-0.2, 0) is 13.0 Å². The summed E-state index contributed by atoms with van der Waals surface area (Å²) in [6, 6.07) is 12.8. The Morgan fingerprint density at radius 2 is 1.74 bits per heavy atom. The van der Waals surface area contributed by atoms with Crippen molar-refractivity contribution in [2.75, 3.05) is 18.0 Å². The number of imidazole rings is 1. The normalized spacial score (nSPS) is 11.1. The first-order valence-corrected chi connectivity index (χ1v) is 8.40. The van der Waals surface area contributed by atoms with Gasteiger partial charge in [-0.15, -0.1) is 0 Å². The molecule has 2 heterocycles. The molecule has 3 rings (SSSR count). The fraction of sp³-hybridized carbons (Fsp3) is 0.368. The van der Waals surface area contributed by atoms with Crippen molar-refractivity contribution in [3.8, 4) is 0 Å². The van der Waals surface area contributed by atoms with Crippen molar-refractivity contribution in [2.45, 2.75) is 33.7 Å². The second-order valence-corrected chi connectivity index (χ2v) is 5.70. The SMILES string of the molecule is CCc1cnc2nc(N(CC)CC)n(Cc3ccccc3)c2c1. The molecule has 0 amide bonds. The van der Waals surface area contributed by atoms with E-state index >= 15 is 0 Å². The fourth-order valence-electron chi connectivity index (χ4n) is 2.90. The van der Waals surface area contributed by atoms with Crippen LogP contribution in [0.3, 0.4) is 0 Å². The highest BCUT2D eigenvalue weighted by molar-refractivity contribution is 5.75. The average Bonchev–Trinajstić information content (AvgIpc) is 2.95. The molecule has 0 aliphatic rings. The van der Waals surface area contributed by atoms with Gasteiger partial charge in [0.1, 0.15) is 0 Å². The van der Waals surface area contributed by atoms with E-state index in [4.69, 9.17) is 4.98 Å². The Morgan fingerprint density at radius 1 is 1.00 bits per heavy atom. The summed E-state index contributed by atoms with van der Waals surface area (Å²) >= 11 is 0. The number of aromatic nitrogens is 3. The zero-order valence-electron chi connectivity index (χ0n) is 14.2. The molecule has 3 aromatic rings. The molecule has 1 aromatic carbocycles. The largest absolute Gasteiger partial charge is 0.343 e. The molecule has 120 valence electrons. The van der Waals surface area contributed by atoms with Crippen LogP contribution in [0.1, 0.15) is 31.9 Å². The van der Waals surface area contributed by atoms with Gasteiger partial charge in [-0.3, -0.25) is 0 Å². The lowest BCUT2D eigenvalue weighted by molar-refractivity contribution is 0.746. The van der Waals surface area contributed by atoms with Gasteiger partial charge >= 0.3 is 0 Å². The monoisotopic (exact) mass is 308 g/mol. The van der Waals surface area contributed by atoms with Gasteiger partial charge in [-0.1, -0.05) is 37.3 Å². The number of hydrogen-bond donors (Lipinski definition) is 0. The van der Waals surface area contributed by atoms with E-state index in [0.717, 1.165) is 43.2 Å². The number of hydrogen-bond acceptors (Lipinski definition) is 3. The van der Waals surface area contributed by atoms with E-state index in [1.54, 1.807) is 0 Å². The van der Waals surface area contributed by atoms with Gasteiger partial charge in [-0.2, -0.15) is 4.98 Å². The van der Waals surface area contributed by atoms with Gasteiger partial charge in [-0.05, 0) is 37.5 Å². The molecule has 0 bridgehead atoms.